The number of allylic oxidation sites excluding steroid dienone is 1. The monoisotopic (exact) mass is 410 g/mol. The smallest absolute Gasteiger partial charge is 0.0176 e. The molecule has 0 aromatic rings. The van der Waals surface area contributed by atoms with E-state index in [1.165, 1.54) is 37.7 Å². The molecule has 0 radical (unpaired) electrons. The molecule has 10 atom stereocenters. The van der Waals surface area contributed by atoms with Crippen molar-refractivity contribution in [1.29, 1.82) is 0 Å². The van der Waals surface area contributed by atoms with Gasteiger partial charge in [-0.3, -0.25) is 0 Å². The summed E-state index contributed by atoms with van der Waals surface area (Å²) < 4.78 is 0. The van der Waals surface area contributed by atoms with Gasteiger partial charge >= 0.3 is 0 Å². The Morgan fingerprint density at radius 2 is 1.73 bits per heavy atom. The van der Waals surface area contributed by atoms with Crippen molar-refractivity contribution in [2.75, 3.05) is 0 Å². The van der Waals surface area contributed by atoms with Gasteiger partial charge in [-0.2, -0.15) is 0 Å². The average Bonchev–Trinajstić information content (AvgIpc) is 3.24. The maximum atomic E-state index is 4.21. The molecular formula is C30H50. The third kappa shape index (κ3) is 2.64. The fourth-order valence-electron chi connectivity index (χ4n) is 11.0. The van der Waals surface area contributed by atoms with Crippen LogP contribution in [0.3, 0.4) is 0 Å². The molecule has 2 unspecified atom stereocenters. The van der Waals surface area contributed by atoms with Crippen molar-refractivity contribution >= 4 is 0 Å². The minimum atomic E-state index is 0.616. The number of fused-ring (bicyclic) bond motifs is 2. The lowest BCUT2D eigenvalue weighted by Crippen LogP contribution is -2.55. The summed E-state index contributed by atoms with van der Waals surface area (Å²) in [5.74, 6) is 5.63. The van der Waals surface area contributed by atoms with Gasteiger partial charge in [-0.05, 0) is 135 Å². The van der Waals surface area contributed by atoms with Gasteiger partial charge < -0.3 is 0 Å². The topological polar surface area (TPSA) is 0 Å². The molecule has 5 aliphatic rings. The fraction of sp³-hybridized carbons (Fsp3) is 0.933. The van der Waals surface area contributed by atoms with Crippen LogP contribution in [0, 0.1) is 57.2 Å². The zero-order chi connectivity index (χ0) is 21.5. The predicted molar refractivity (Wildman–Crippen MR) is 129 cm³/mol. The van der Waals surface area contributed by atoms with Crippen molar-refractivity contribution in [2.24, 2.45) is 57.2 Å². The fourth-order valence-corrected chi connectivity index (χ4v) is 11.0. The Bertz CT molecular complexity index is 705. The van der Waals surface area contributed by atoms with Crippen LogP contribution in [-0.4, -0.2) is 0 Å². The average molecular weight is 411 g/mol. The van der Waals surface area contributed by atoms with Gasteiger partial charge in [-0.1, -0.05) is 53.2 Å². The lowest BCUT2D eigenvalue weighted by Gasteiger charge is -2.62. The largest absolute Gasteiger partial charge is 0.0999 e. The van der Waals surface area contributed by atoms with Crippen LogP contribution in [0.1, 0.15) is 119 Å². The summed E-state index contributed by atoms with van der Waals surface area (Å²) in [6, 6.07) is 0. The molecule has 0 aliphatic heterocycles. The van der Waals surface area contributed by atoms with Gasteiger partial charge in [0.15, 0.2) is 0 Å². The molecule has 5 fully saturated rings. The van der Waals surface area contributed by atoms with Gasteiger partial charge in [-0.15, -0.1) is 0 Å². The number of hydrogen-bond donors (Lipinski definition) is 0. The maximum Gasteiger partial charge on any atom is -0.0176 e. The molecule has 0 nitrogen and oxygen atoms in total. The highest BCUT2D eigenvalue weighted by atomic mass is 14.9. The van der Waals surface area contributed by atoms with Crippen molar-refractivity contribution in [3.63, 3.8) is 0 Å². The molecule has 2 spiro atoms. The van der Waals surface area contributed by atoms with E-state index in [0.717, 1.165) is 40.4 Å². The van der Waals surface area contributed by atoms with Crippen LogP contribution in [0.25, 0.3) is 0 Å². The second-order valence-corrected chi connectivity index (χ2v) is 14.0. The molecular weight excluding hydrogens is 360 g/mol. The molecule has 0 N–H and O–H groups in total. The first kappa shape index (κ1) is 21.6. The highest BCUT2D eigenvalue weighted by Crippen LogP contribution is 2.89. The summed E-state index contributed by atoms with van der Waals surface area (Å²) in [6.07, 6.45) is 18.3. The van der Waals surface area contributed by atoms with Crippen molar-refractivity contribution < 1.29 is 0 Å². The van der Waals surface area contributed by atoms with Gasteiger partial charge in [0, 0.05) is 0 Å². The molecule has 0 amide bonds. The first-order valence-electron chi connectivity index (χ1n) is 13.7. The van der Waals surface area contributed by atoms with Crippen molar-refractivity contribution in [3.8, 4) is 0 Å². The van der Waals surface area contributed by atoms with Crippen LogP contribution >= 0.6 is 0 Å². The molecule has 0 heteroatoms. The second kappa shape index (κ2) is 6.87. The van der Waals surface area contributed by atoms with E-state index in [4.69, 9.17) is 0 Å². The SMILES string of the molecule is C=C(C)[C@@H](C)CC[C@@H](C)[C@H]1CC[C@@H]2[C@]1(C)CCC13CC14CC[C@H](C)C[C@@H]4CC[C@@]23C. The molecule has 0 heterocycles. The molecule has 0 aromatic heterocycles. The second-order valence-electron chi connectivity index (χ2n) is 14.0. The highest BCUT2D eigenvalue weighted by molar-refractivity contribution is 5.30. The zero-order valence-corrected chi connectivity index (χ0v) is 21.2. The van der Waals surface area contributed by atoms with Gasteiger partial charge in [0.25, 0.3) is 0 Å². The van der Waals surface area contributed by atoms with Gasteiger partial charge in [-0.25, -0.2) is 0 Å². The molecule has 0 saturated heterocycles. The lowest BCUT2D eigenvalue weighted by atomic mass is 9.42. The Hall–Kier alpha value is -0.260. The van der Waals surface area contributed by atoms with Crippen LogP contribution in [0.5, 0.6) is 0 Å². The van der Waals surface area contributed by atoms with E-state index in [9.17, 15) is 0 Å². The molecule has 5 aliphatic carbocycles. The van der Waals surface area contributed by atoms with Crippen LogP contribution < -0.4 is 0 Å². The molecule has 5 rings (SSSR count). The van der Waals surface area contributed by atoms with Crippen molar-refractivity contribution in [1.82, 2.24) is 0 Å². The van der Waals surface area contributed by atoms with Crippen LogP contribution in [0.2, 0.25) is 0 Å². The Morgan fingerprint density at radius 3 is 2.47 bits per heavy atom. The normalized spacial score (nSPS) is 53.7. The van der Waals surface area contributed by atoms with Gasteiger partial charge in [0.05, 0.1) is 0 Å². The van der Waals surface area contributed by atoms with E-state index in [2.05, 4.69) is 48.1 Å². The Kier molecular flexibility index (Phi) is 4.94. The third-order valence-electron chi connectivity index (χ3n) is 13.0. The standard InChI is InChI=1S/C30H50/c1-20(2)22(4)8-9-23(5)25-10-11-26-27(25,6)16-17-30-19-29(30)15-12-21(3)18-24(29)13-14-28(26,30)7/h21-26H,1,8-19H2,2-7H3/t21-,22-,23+,24-,25+,26+,27+,28-,29?,30?/m0/s1. The number of rotatable bonds is 5. The highest BCUT2D eigenvalue weighted by Gasteiger charge is 2.81. The molecule has 170 valence electrons. The minimum Gasteiger partial charge on any atom is -0.0999 e. The van der Waals surface area contributed by atoms with Crippen molar-refractivity contribution in [3.05, 3.63) is 12.2 Å². The summed E-state index contributed by atoms with van der Waals surface area (Å²) in [6.45, 7) is 19.5. The van der Waals surface area contributed by atoms with E-state index in [-0.39, 0.29) is 0 Å². The van der Waals surface area contributed by atoms with E-state index in [1.54, 1.807) is 44.9 Å². The maximum absolute atomic E-state index is 4.21. The van der Waals surface area contributed by atoms with Crippen LogP contribution in [-0.2, 0) is 0 Å². The summed E-state index contributed by atoms with van der Waals surface area (Å²) in [5, 5.41) is 0. The van der Waals surface area contributed by atoms with E-state index in [1.807, 2.05) is 0 Å². The van der Waals surface area contributed by atoms with E-state index in [0.29, 0.717) is 16.7 Å². The summed E-state index contributed by atoms with van der Waals surface area (Å²) in [5.41, 5.74) is 4.18. The minimum absolute atomic E-state index is 0.616. The number of hydrogen-bond acceptors (Lipinski definition) is 0. The third-order valence-corrected chi connectivity index (χ3v) is 13.0. The Labute approximate surface area is 188 Å². The van der Waals surface area contributed by atoms with Gasteiger partial charge in [0.2, 0.25) is 0 Å². The van der Waals surface area contributed by atoms with Crippen LogP contribution in [0.15, 0.2) is 12.2 Å². The Morgan fingerprint density at radius 1 is 0.967 bits per heavy atom. The Balaban J connectivity index is 1.36. The zero-order valence-electron chi connectivity index (χ0n) is 21.2. The molecule has 30 heavy (non-hydrogen) atoms. The quantitative estimate of drug-likeness (QED) is 0.396. The lowest BCUT2D eigenvalue weighted by molar-refractivity contribution is -0.135. The van der Waals surface area contributed by atoms with E-state index >= 15 is 0 Å². The first-order chi connectivity index (χ1) is 14.1. The first-order valence-corrected chi connectivity index (χ1v) is 13.7. The predicted octanol–water partition coefficient (Wildman–Crippen LogP) is 9.05. The summed E-state index contributed by atoms with van der Waals surface area (Å²) in [7, 11) is 0. The van der Waals surface area contributed by atoms with Gasteiger partial charge in [0.1, 0.15) is 0 Å². The molecule has 0 bridgehead atoms. The van der Waals surface area contributed by atoms with E-state index < -0.39 is 0 Å². The van der Waals surface area contributed by atoms with Crippen LogP contribution in [0.4, 0.5) is 0 Å². The van der Waals surface area contributed by atoms with Crippen molar-refractivity contribution in [2.45, 2.75) is 119 Å². The molecule has 5 saturated carbocycles. The summed E-state index contributed by atoms with van der Waals surface area (Å²) >= 11 is 0. The molecule has 0 aromatic carbocycles. The summed E-state index contributed by atoms with van der Waals surface area (Å²) in [4.78, 5) is 0.